The maximum Gasteiger partial charge on any atom is 0.233 e. The van der Waals surface area contributed by atoms with E-state index in [1.165, 1.54) is 0 Å². The van der Waals surface area contributed by atoms with Gasteiger partial charge in [0.15, 0.2) is 0 Å². The van der Waals surface area contributed by atoms with E-state index in [1.54, 1.807) is 0 Å². The summed E-state index contributed by atoms with van der Waals surface area (Å²) in [5.74, 6) is 0.0145. The highest BCUT2D eigenvalue weighted by Gasteiger charge is 2.48. The molecule has 0 aromatic rings. The molecule has 1 saturated carbocycles. The first-order valence-electron chi connectivity index (χ1n) is 6.19. The van der Waals surface area contributed by atoms with Gasteiger partial charge in [0.25, 0.3) is 0 Å². The summed E-state index contributed by atoms with van der Waals surface area (Å²) in [6, 6.07) is 0. The Labute approximate surface area is 107 Å². The molecule has 1 aliphatic heterocycles. The molecule has 3 N–H and O–H groups in total. The van der Waals surface area contributed by atoms with E-state index < -0.39 is 5.41 Å². The Morgan fingerprint density at radius 2 is 1.88 bits per heavy atom. The molecular formula is C12H20N2O2S. The van der Waals surface area contributed by atoms with Gasteiger partial charge in [-0.15, -0.1) is 0 Å². The predicted molar refractivity (Wildman–Crippen MR) is 69.7 cm³/mol. The molecule has 2 rings (SSSR count). The summed E-state index contributed by atoms with van der Waals surface area (Å²) >= 11 is 5.05. The Kier molecular flexibility index (Phi) is 3.41. The second kappa shape index (κ2) is 4.53. The number of hydrogen-bond acceptors (Lipinski definition) is 3. The quantitative estimate of drug-likeness (QED) is 0.743. The molecule has 0 spiro atoms. The Morgan fingerprint density at radius 3 is 2.29 bits per heavy atom. The van der Waals surface area contributed by atoms with Crippen molar-refractivity contribution in [2.24, 2.45) is 11.1 Å². The molecule has 0 aromatic carbocycles. The Hall–Kier alpha value is -0.680. The lowest BCUT2D eigenvalue weighted by Crippen LogP contribution is -2.59. The van der Waals surface area contributed by atoms with Crippen molar-refractivity contribution >= 4 is 23.1 Å². The highest BCUT2D eigenvalue weighted by atomic mass is 32.1. The van der Waals surface area contributed by atoms with Gasteiger partial charge in [-0.2, -0.15) is 0 Å². The summed E-state index contributed by atoms with van der Waals surface area (Å²) in [5.41, 5.74) is 4.99. The fraction of sp³-hybridized carbons (Fsp3) is 0.833. The van der Waals surface area contributed by atoms with Gasteiger partial charge in [-0.3, -0.25) is 4.79 Å². The van der Waals surface area contributed by atoms with E-state index in [9.17, 15) is 4.79 Å². The number of ether oxygens (including phenoxy) is 1. The monoisotopic (exact) mass is 256 g/mol. The Morgan fingerprint density at radius 1 is 1.29 bits per heavy atom. The largest absolute Gasteiger partial charge is 0.392 e. The molecule has 0 aromatic heterocycles. The molecule has 1 aliphatic carbocycles. The van der Waals surface area contributed by atoms with E-state index in [-0.39, 0.29) is 11.4 Å². The van der Waals surface area contributed by atoms with Crippen LogP contribution < -0.4 is 11.1 Å². The highest BCUT2D eigenvalue weighted by molar-refractivity contribution is 7.80. The molecule has 0 bridgehead atoms. The summed E-state index contributed by atoms with van der Waals surface area (Å²) in [7, 11) is 0. The summed E-state index contributed by atoms with van der Waals surface area (Å²) in [6.45, 7) is 3.48. The molecule has 0 unspecified atom stereocenters. The molecule has 5 heteroatoms. The van der Waals surface area contributed by atoms with E-state index in [0.717, 1.165) is 32.1 Å². The molecule has 2 fully saturated rings. The first-order valence-corrected chi connectivity index (χ1v) is 6.60. The van der Waals surface area contributed by atoms with Gasteiger partial charge >= 0.3 is 0 Å². The number of carbonyl (C=O) groups is 1. The average Bonchev–Trinajstić information content (AvgIpc) is 2.14. The summed E-state index contributed by atoms with van der Waals surface area (Å²) in [6.07, 6.45) is 4.32. The maximum absolute atomic E-state index is 12.3. The number of thiocarbonyl (C=S) groups is 1. The molecule has 0 radical (unpaired) electrons. The fourth-order valence-electron chi connectivity index (χ4n) is 2.46. The number of nitrogens with two attached hydrogens (primary N) is 1. The lowest BCUT2D eigenvalue weighted by molar-refractivity contribution is -0.133. The molecule has 96 valence electrons. The number of nitrogens with one attached hydrogen (secondary N) is 1. The van der Waals surface area contributed by atoms with Gasteiger partial charge in [0.2, 0.25) is 5.91 Å². The minimum Gasteiger partial charge on any atom is -0.392 e. The maximum atomic E-state index is 12.3. The fourth-order valence-corrected chi connectivity index (χ4v) is 2.75. The van der Waals surface area contributed by atoms with E-state index in [4.69, 9.17) is 22.7 Å². The van der Waals surface area contributed by atoms with Crippen LogP contribution in [0.2, 0.25) is 0 Å². The van der Waals surface area contributed by atoms with Crippen LogP contribution in [0.25, 0.3) is 0 Å². The lowest BCUT2D eigenvalue weighted by Gasteiger charge is -2.43. The van der Waals surface area contributed by atoms with Crippen LogP contribution in [0.4, 0.5) is 0 Å². The molecule has 1 amide bonds. The van der Waals surface area contributed by atoms with Gasteiger partial charge in [0, 0.05) is 18.8 Å². The van der Waals surface area contributed by atoms with E-state index in [0.29, 0.717) is 18.2 Å². The van der Waals surface area contributed by atoms with Gasteiger partial charge in [-0.05, 0) is 32.6 Å². The van der Waals surface area contributed by atoms with Gasteiger partial charge < -0.3 is 15.8 Å². The minimum absolute atomic E-state index is 0.0145. The minimum atomic E-state index is -0.573. The Bertz CT molecular complexity index is 333. The lowest BCUT2D eigenvalue weighted by atomic mass is 9.67. The SMILES string of the molecule is CC1(NC(=O)C2(C(N)=S)CCC2)CCOCC1. The zero-order valence-corrected chi connectivity index (χ0v) is 11.1. The summed E-state index contributed by atoms with van der Waals surface area (Å²) in [4.78, 5) is 12.7. The van der Waals surface area contributed by atoms with E-state index >= 15 is 0 Å². The van der Waals surface area contributed by atoms with Crippen molar-refractivity contribution in [3.05, 3.63) is 0 Å². The van der Waals surface area contributed by atoms with Gasteiger partial charge in [0.1, 0.15) is 0 Å². The van der Waals surface area contributed by atoms with Crippen LogP contribution >= 0.6 is 12.2 Å². The van der Waals surface area contributed by atoms with Crippen LogP contribution in [0.15, 0.2) is 0 Å². The molecule has 2 aliphatic rings. The molecule has 17 heavy (non-hydrogen) atoms. The van der Waals surface area contributed by atoms with Crippen molar-refractivity contribution in [2.75, 3.05) is 13.2 Å². The van der Waals surface area contributed by atoms with E-state index in [2.05, 4.69) is 12.2 Å². The zero-order chi connectivity index (χ0) is 12.5. The normalized spacial score (nSPS) is 25.7. The number of amides is 1. The van der Waals surface area contributed by atoms with Crippen LogP contribution in [0, 0.1) is 5.41 Å². The smallest absolute Gasteiger partial charge is 0.233 e. The number of hydrogen-bond donors (Lipinski definition) is 2. The van der Waals surface area contributed by atoms with E-state index in [1.807, 2.05) is 0 Å². The third kappa shape index (κ3) is 2.31. The molecule has 1 heterocycles. The predicted octanol–water partition coefficient (Wildman–Crippen LogP) is 1.13. The first kappa shape index (κ1) is 12.8. The van der Waals surface area contributed by atoms with Crippen LogP contribution in [-0.4, -0.2) is 29.6 Å². The van der Waals surface area contributed by atoms with Crippen molar-refractivity contribution in [3.8, 4) is 0 Å². The van der Waals surface area contributed by atoms with Crippen molar-refractivity contribution in [1.29, 1.82) is 0 Å². The van der Waals surface area contributed by atoms with Crippen molar-refractivity contribution in [2.45, 2.75) is 44.6 Å². The van der Waals surface area contributed by atoms with Crippen LogP contribution in [0.1, 0.15) is 39.0 Å². The third-order valence-corrected chi connectivity index (χ3v) is 4.52. The number of carbonyl (C=O) groups excluding carboxylic acids is 1. The van der Waals surface area contributed by atoms with Crippen LogP contribution in [0.5, 0.6) is 0 Å². The molecular weight excluding hydrogens is 236 g/mol. The third-order valence-electron chi connectivity index (χ3n) is 4.13. The molecule has 4 nitrogen and oxygen atoms in total. The molecule has 1 saturated heterocycles. The topological polar surface area (TPSA) is 64.4 Å². The Balaban J connectivity index is 2.03. The van der Waals surface area contributed by atoms with Crippen molar-refractivity contribution in [3.63, 3.8) is 0 Å². The highest BCUT2D eigenvalue weighted by Crippen LogP contribution is 2.42. The van der Waals surface area contributed by atoms with Crippen LogP contribution in [-0.2, 0) is 9.53 Å². The van der Waals surface area contributed by atoms with Gasteiger partial charge in [-0.25, -0.2) is 0 Å². The van der Waals surface area contributed by atoms with Crippen molar-refractivity contribution < 1.29 is 9.53 Å². The average molecular weight is 256 g/mol. The second-order valence-electron chi connectivity index (χ2n) is 5.43. The standard InChI is InChI=1S/C12H20N2O2S/c1-11(5-7-16-8-6-11)14-10(15)12(9(13)17)3-2-4-12/h2-8H2,1H3,(H2,13,17)(H,14,15). The van der Waals surface area contributed by atoms with Crippen LogP contribution in [0.3, 0.4) is 0 Å². The first-order chi connectivity index (χ1) is 7.99. The number of rotatable bonds is 3. The van der Waals surface area contributed by atoms with Gasteiger partial charge in [0.05, 0.1) is 10.4 Å². The van der Waals surface area contributed by atoms with Gasteiger partial charge in [-0.1, -0.05) is 18.6 Å². The zero-order valence-electron chi connectivity index (χ0n) is 10.3. The van der Waals surface area contributed by atoms with Crippen molar-refractivity contribution in [1.82, 2.24) is 5.32 Å². The summed E-state index contributed by atoms with van der Waals surface area (Å²) < 4.78 is 5.32. The summed E-state index contributed by atoms with van der Waals surface area (Å²) in [5, 5.41) is 3.13. The second-order valence-corrected chi connectivity index (χ2v) is 5.87. The molecule has 0 atom stereocenters.